The third-order valence-electron chi connectivity index (χ3n) is 9.80. The van der Waals surface area contributed by atoms with Gasteiger partial charge in [-0.25, -0.2) is 4.98 Å². The molecule has 0 aliphatic carbocycles. The molecule has 0 radical (unpaired) electrons. The van der Waals surface area contributed by atoms with Crippen LogP contribution in [0.1, 0.15) is 61.3 Å². The quantitative estimate of drug-likeness (QED) is 0.224. The molecule has 1 atom stereocenters. The van der Waals surface area contributed by atoms with Crippen molar-refractivity contribution in [1.29, 1.82) is 0 Å². The zero-order chi connectivity index (χ0) is 31.7. The van der Waals surface area contributed by atoms with E-state index in [9.17, 15) is 9.59 Å². The molecule has 9 heteroatoms. The van der Waals surface area contributed by atoms with E-state index in [1.54, 1.807) is 0 Å². The predicted molar refractivity (Wildman–Crippen MR) is 176 cm³/mol. The van der Waals surface area contributed by atoms with E-state index in [1.807, 2.05) is 73.3 Å². The van der Waals surface area contributed by atoms with Gasteiger partial charge in [0.05, 0.1) is 23.6 Å². The average molecular weight is 623 g/mol. The Labute approximate surface area is 269 Å². The fraction of sp³-hybridized carbons (Fsp3) is 0.432. The zero-order valence-corrected chi connectivity index (χ0v) is 26.7. The number of H-pyrrole nitrogens is 1. The Balaban J connectivity index is 1.01. The van der Waals surface area contributed by atoms with Crippen LogP contribution in [-0.2, 0) is 16.6 Å². The van der Waals surface area contributed by atoms with Crippen molar-refractivity contribution in [3.8, 4) is 17.2 Å². The number of aromatic amines is 1. The van der Waals surface area contributed by atoms with Gasteiger partial charge in [-0.3, -0.25) is 9.59 Å². The molecule has 1 aromatic heterocycles. The van der Waals surface area contributed by atoms with Crippen LogP contribution in [0.25, 0.3) is 11.0 Å². The van der Waals surface area contributed by atoms with Crippen molar-refractivity contribution >= 4 is 22.7 Å². The number of nitrogens with one attached hydrogen (secondary N) is 1. The number of hydrogen-bond donors (Lipinski definition) is 1. The highest BCUT2D eigenvalue weighted by Gasteiger charge is 2.42. The fourth-order valence-corrected chi connectivity index (χ4v) is 7.24. The van der Waals surface area contributed by atoms with Crippen LogP contribution < -0.4 is 14.2 Å². The van der Waals surface area contributed by atoms with Gasteiger partial charge in [-0.2, -0.15) is 0 Å². The second kappa shape index (κ2) is 12.8. The number of ether oxygens (including phenoxy) is 3. The number of aromatic nitrogens is 2. The molecular weight excluding hydrogens is 580 g/mol. The van der Waals surface area contributed by atoms with Crippen LogP contribution in [0.3, 0.4) is 0 Å². The number of carbonyl (C=O) groups excluding carboxylic acids is 2. The number of ketones is 1. The van der Waals surface area contributed by atoms with Crippen LogP contribution in [0.2, 0.25) is 0 Å². The van der Waals surface area contributed by atoms with Gasteiger partial charge in [-0.15, -0.1) is 0 Å². The van der Waals surface area contributed by atoms with Crippen molar-refractivity contribution in [3.63, 3.8) is 0 Å². The van der Waals surface area contributed by atoms with Gasteiger partial charge in [0, 0.05) is 24.4 Å². The van der Waals surface area contributed by atoms with E-state index in [1.165, 1.54) is 5.56 Å². The van der Waals surface area contributed by atoms with Crippen LogP contribution >= 0.6 is 0 Å². The topological polar surface area (TPSA) is 97.0 Å². The lowest BCUT2D eigenvalue weighted by molar-refractivity contribution is -0.129. The van der Waals surface area contributed by atoms with Crippen LogP contribution in [0.15, 0.2) is 66.7 Å². The van der Waals surface area contributed by atoms with Gasteiger partial charge in [-0.05, 0) is 107 Å². The summed E-state index contributed by atoms with van der Waals surface area (Å²) in [6.45, 7) is 8.24. The molecule has 46 heavy (non-hydrogen) atoms. The summed E-state index contributed by atoms with van der Waals surface area (Å²) in [6, 6.07) is 21.9. The molecule has 2 fully saturated rings. The number of imidazole rings is 1. The molecule has 1 unspecified atom stereocenters. The van der Waals surface area contributed by atoms with Gasteiger partial charge in [0.2, 0.25) is 18.5 Å². The van der Waals surface area contributed by atoms with Crippen LogP contribution in [0, 0.1) is 5.92 Å². The minimum Gasteiger partial charge on any atom is -0.491 e. The zero-order valence-electron chi connectivity index (χ0n) is 26.7. The maximum Gasteiger partial charge on any atom is 0.231 e. The predicted octanol–water partition coefficient (Wildman–Crippen LogP) is 5.78. The van der Waals surface area contributed by atoms with Crippen molar-refractivity contribution < 1.29 is 23.8 Å². The molecular formula is C37H42N4O5. The Morgan fingerprint density at radius 3 is 2.65 bits per heavy atom. The Bertz CT molecular complexity index is 1690. The Hall–Kier alpha value is -4.37. The third-order valence-corrected chi connectivity index (χ3v) is 9.80. The first-order valence-electron chi connectivity index (χ1n) is 16.5. The first-order valence-corrected chi connectivity index (χ1v) is 16.5. The highest BCUT2D eigenvalue weighted by atomic mass is 16.7. The maximum absolute atomic E-state index is 13.6. The number of hydrogen-bond acceptors (Lipinski definition) is 7. The minimum absolute atomic E-state index is 0.0244. The van der Waals surface area contributed by atoms with Crippen molar-refractivity contribution in [3.05, 3.63) is 83.7 Å². The minimum atomic E-state index is -0.194. The molecule has 4 heterocycles. The number of benzene rings is 3. The van der Waals surface area contributed by atoms with Crippen LogP contribution in [0.4, 0.5) is 0 Å². The number of Topliss-reactive ketones (excluding diaryl/α,β-unsaturated/α-hetero) is 1. The molecule has 2 saturated heterocycles. The standard InChI is InChI=1S/C37H42N4O5/c1-25(2)46-29-7-5-6-26(20-29)21-34(42)41-19-15-37(23-41,28-10-11-32-33(22-28)45-24-44-32)14-18-40-16-12-27(13-17-40)35(43)36-38-30-8-3-4-9-31(30)39-36/h3-11,20,22,25,27H,12-19,21,23-24H2,1-2H3,(H,38,39). The third kappa shape index (κ3) is 6.33. The molecule has 1 amide bonds. The molecule has 240 valence electrons. The van der Waals surface area contributed by atoms with E-state index < -0.39 is 0 Å². The highest BCUT2D eigenvalue weighted by molar-refractivity contribution is 5.97. The summed E-state index contributed by atoms with van der Waals surface area (Å²) in [6.07, 6.45) is 3.86. The Kier molecular flexibility index (Phi) is 8.42. The number of carbonyl (C=O) groups is 2. The van der Waals surface area contributed by atoms with Crippen molar-refractivity contribution in [1.82, 2.24) is 19.8 Å². The first kappa shape index (κ1) is 30.3. The number of fused-ring (bicyclic) bond motifs is 2. The normalized spacial score (nSPS) is 20.1. The SMILES string of the molecule is CC(C)Oc1cccc(CC(=O)N2CCC(CCN3CCC(C(=O)c4nc5ccccc5[nH]4)CC3)(c3ccc4c(c3)OCO4)C2)c1. The smallest absolute Gasteiger partial charge is 0.231 e. The monoisotopic (exact) mass is 622 g/mol. The van der Waals surface area contributed by atoms with Gasteiger partial charge in [-0.1, -0.05) is 30.3 Å². The van der Waals surface area contributed by atoms with E-state index in [4.69, 9.17) is 14.2 Å². The summed E-state index contributed by atoms with van der Waals surface area (Å²) < 4.78 is 17.2. The Morgan fingerprint density at radius 1 is 1.00 bits per heavy atom. The highest BCUT2D eigenvalue weighted by Crippen LogP contribution is 2.43. The van der Waals surface area contributed by atoms with E-state index >= 15 is 0 Å². The fourth-order valence-electron chi connectivity index (χ4n) is 7.24. The molecule has 4 aromatic rings. The van der Waals surface area contributed by atoms with Gasteiger partial charge >= 0.3 is 0 Å². The lowest BCUT2D eigenvalue weighted by atomic mass is 9.76. The van der Waals surface area contributed by atoms with Gasteiger partial charge in [0.25, 0.3) is 0 Å². The van der Waals surface area contributed by atoms with E-state index in [2.05, 4.69) is 27.0 Å². The maximum atomic E-state index is 13.6. The van der Waals surface area contributed by atoms with Gasteiger partial charge in [0.15, 0.2) is 17.3 Å². The van der Waals surface area contributed by atoms with Gasteiger partial charge < -0.3 is 29.0 Å². The average Bonchev–Trinajstić information content (AvgIpc) is 3.82. The lowest BCUT2D eigenvalue weighted by Crippen LogP contribution is -2.41. The van der Waals surface area contributed by atoms with E-state index in [0.717, 1.165) is 79.2 Å². The summed E-state index contributed by atoms with van der Waals surface area (Å²) in [7, 11) is 0. The summed E-state index contributed by atoms with van der Waals surface area (Å²) in [5.74, 6) is 3.02. The number of likely N-dealkylation sites (tertiary alicyclic amines) is 2. The molecule has 1 N–H and O–H groups in total. The van der Waals surface area contributed by atoms with Crippen molar-refractivity contribution in [2.24, 2.45) is 5.92 Å². The number of amides is 1. The lowest BCUT2D eigenvalue weighted by Gasteiger charge is -2.36. The summed E-state index contributed by atoms with van der Waals surface area (Å²) in [4.78, 5) is 39.2. The van der Waals surface area contributed by atoms with Gasteiger partial charge in [0.1, 0.15) is 5.75 Å². The molecule has 3 aromatic carbocycles. The van der Waals surface area contributed by atoms with E-state index in [-0.39, 0.29) is 35.9 Å². The summed E-state index contributed by atoms with van der Waals surface area (Å²) >= 11 is 0. The van der Waals surface area contributed by atoms with Crippen LogP contribution in [0.5, 0.6) is 17.2 Å². The largest absolute Gasteiger partial charge is 0.491 e. The Morgan fingerprint density at radius 2 is 1.83 bits per heavy atom. The molecule has 0 spiro atoms. The molecule has 3 aliphatic heterocycles. The molecule has 0 bridgehead atoms. The number of piperidine rings is 1. The number of nitrogens with zero attached hydrogens (tertiary/aromatic N) is 3. The number of rotatable bonds is 10. The molecule has 3 aliphatic rings. The molecule has 9 nitrogen and oxygen atoms in total. The second-order valence-corrected chi connectivity index (χ2v) is 13.2. The summed E-state index contributed by atoms with van der Waals surface area (Å²) in [5, 5.41) is 0. The van der Waals surface area contributed by atoms with Crippen molar-refractivity contribution in [2.75, 3.05) is 39.5 Å². The molecule has 0 saturated carbocycles. The summed E-state index contributed by atoms with van der Waals surface area (Å²) in [5.41, 5.74) is 3.68. The van der Waals surface area contributed by atoms with Crippen molar-refractivity contribution in [2.45, 2.75) is 57.5 Å². The second-order valence-electron chi connectivity index (χ2n) is 13.2. The van der Waals surface area contributed by atoms with Crippen LogP contribution in [-0.4, -0.2) is 77.1 Å². The number of para-hydroxylation sites is 2. The molecule has 7 rings (SSSR count). The van der Waals surface area contributed by atoms with E-state index in [0.29, 0.717) is 25.3 Å². The first-order chi connectivity index (χ1) is 22.3.